The monoisotopic (exact) mass is 453 g/mol. The predicted molar refractivity (Wildman–Crippen MR) is 103 cm³/mol. The summed E-state index contributed by atoms with van der Waals surface area (Å²) in [5, 5.41) is 6.11. The van der Waals surface area contributed by atoms with Crippen molar-refractivity contribution in [2.24, 2.45) is 4.99 Å². The maximum absolute atomic E-state index is 13.1. The predicted octanol–water partition coefficient (Wildman–Crippen LogP) is 2.33. The van der Waals surface area contributed by atoms with Crippen LogP contribution in [0.1, 0.15) is 20.3 Å². The molecule has 0 amide bonds. The molecule has 0 radical (unpaired) electrons. The van der Waals surface area contributed by atoms with Crippen LogP contribution in [0.25, 0.3) is 0 Å². The molecule has 0 aromatic heterocycles. The average molecular weight is 453 g/mol. The number of rotatable bonds is 8. The van der Waals surface area contributed by atoms with E-state index in [4.69, 9.17) is 4.74 Å². The Morgan fingerprint density at radius 3 is 2.75 bits per heavy atom. The summed E-state index contributed by atoms with van der Waals surface area (Å²) in [4.78, 5) is 15.5. The van der Waals surface area contributed by atoms with E-state index >= 15 is 0 Å². The largest absolute Gasteiger partial charge is 0.489 e. The number of halogens is 2. The molecule has 136 valence electrons. The Balaban J connectivity index is 0.00000529. The lowest BCUT2D eigenvalue weighted by molar-refractivity contribution is -0.140. The van der Waals surface area contributed by atoms with E-state index in [0.717, 1.165) is 0 Å². The highest BCUT2D eigenvalue weighted by molar-refractivity contribution is 14.0. The first-order valence-electron chi connectivity index (χ1n) is 7.56. The number of ether oxygens (including phenoxy) is 2. The van der Waals surface area contributed by atoms with Gasteiger partial charge >= 0.3 is 5.97 Å². The van der Waals surface area contributed by atoms with Gasteiger partial charge in [-0.1, -0.05) is 6.07 Å². The van der Waals surface area contributed by atoms with Crippen LogP contribution in [-0.4, -0.2) is 44.8 Å². The van der Waals surface area contributed by atoms with Gasteiger partial charge in [0.1, 0.15) is 17.7 Å². The summed E-state index contributed by atoms with van der Waals surface area (Å²) >= 11 is 0. The third-order valence-electron chi connectivity index (χ3n) is 2.83. The lowest BCUT2D eigenvalue weighted by Crippen LogP contribution is -2.39. The quantitative estimate of drug-likeness (QED) is 0.274. The van der Waals surface area contributed by atoms with Gasteiger partial charge in [0, 0.05) is 19.2 Å². The van der Waals surface area contributed by atoms with E-state index in [1.807, 2.05) is 13.8 Å². The first kappa shape index (κ1) is 22.4. The van der Waals surface area contributed by atoms with Gasteiger partial charge in [0.15, 0.2) is 5.96 Å². The number of methoxy groups -OCH3 is 1. The van der Waals surface area contributed by atoms with Crippen LogP contribution >= 0.6 is 24.0 Å². The Bertz CT molecular complexity index is 529. The number of hydrogen-bond acceptors (Lipinski definition) is 4. The van der Waals surface area contributed by atoms with Gasteiger partial charge in [-0.05, 0) is 26.0 Å². The number of nitrogens with zero attached hydrogens (tertiary/aromatic N) is 1. The fraction of sp³-hybridized carbons (Fsp3) is 0.500. The number of hydrogen-bond donors (Lipinski definition) is 2. The standard InChI is InChI=1S/C16H24FN3O3.HI/c1-4-18-16(19-9-8-15(21)22-3)20-11-12(2)23-14-7-5-6-13(17)10-14;/h5-7,10,12H,4,8-9,11H2,1-3H3,(H2,18,19,20);1H. The first-order valence-corrected chi connectivity index (χ1v) is 7.56. The van der Waals surface area contributed by atoms with E-state index in [1.165, 1.54) is 19.2 Å². The van der Waals surface area contributed by atoms with Crippen LogP contribution in [0.2, 0.25) is 0 Å². The zero-order valence-electron chi connectivity index (χ0n) is 14.2. The molecule has 0 aliphatic rings. The van der Waals surface area contributed by atoms with Crippen LogP contribution in [0.5, 0.6) is 5.75 Å². The molecular formula is C16H25FIN3O3. The highest BCUT2D eigenvalue weighted by atomic mass is 127. The molecule has 0 bridgehead atoms. The maximum atomic E-state index is 13.1. The van der Waals surface area contributed by atoms with Crippen LogP contribution in [0.3, 0.4) is 0 Å². The molecule has 0 spiro atoms. The number of guanidine groups is 1. The molecule has 24 heavy (non-hydrogen) atoms. The van der Waals surface area contributed by atoms with Crippen LogP contribution < -0.4 is 15.4 Å². The SMILES string of the molecule is CCNC(=NCC(C)Oc1cccc(F)c1)NCCC(=O)OC.I. The van der Waals surface area contributed by atoms with Gasteiger partial charge in [-0.3, -0.25) is 4.79 Å². The Labute approximate surface area is 159 Å². The highest BCUT2D eigenvalue weighted by Gasteiger charge is 2.06. The van der Waals surface area contributed by atoms with Crippen molar-refractivity contribution in [2.45, 2.75) is 26.4 Å². The molecule has 0 aliphatic carbocycles. The summed E-state index contributed by atoms with van der Waals surface area (Å²) in [7, 11) is 1.35. The lowest BCUT2D eigenvalue weighted by Gasteiger charge is -2.15. The van der Waals surface area contributed by atoms with Crippen molar-refractivity contribution in [3.63, 3.8) is 0 Å². The van der Waals surface area contributed by atoms with Crippen molar-refractivity contribution >= 4 is 35.9 Å². The van der Waals surface area contributed by atoms with Crippen molar-refractivity contribution < 1.29 is 18.7 Å². The molecule has 1 aromatic rings. The Morgan fingerprint density at radius 2 is 2.12 bits per heavy atom. The number of esters is 1. The molecule has 1 atom stereocenters. The molecule has 0 saturated heterocycles. The van der Waals surface area contributed by atoms with E-state index in [1.54, 1.807) is 12.1 Å². The molecule has 0 heterocycles. The van der Waals surface area contributed by atoms with Gasteiger partial charge in [-0.2, -0.15) is 0 Å². The summed E-state index contributed by atoms with van der Waals surface area (Å²) in [6.07, 6.45) is 0.0452. The zero-order chi connectivity index (χ0) is 17.1. The van der Waals surface area contributed by atoms with E-state index in [9.17, 15) is 9.18 Å². The Kier molecular flexibility index (Phi) is 12.0. The zero-order valence-corrected chi connectivity index (χ0v) is 16.5. The highest BCUT2D eigenvalue weighted by Crippen LogP contribution is 2.13. The van der Waals surface area contributed by atoms with E-state index < -0.39 is 0 Å². The van der Waals surface area contributed by atoms with Crippen molar-refractivity contribution in [3.8, 4) is 5.75 Å². The van der Waals surface area contributed by atoms with Crippen molar-refractivity contribution in [3.05, 3.63) is 30.1 Å². The van der Waals surface area contributed by atoms with Crippen LogP contribution in [0, 0.1) is 5.82 Å². The number of carbonyl (C=O) groups is 1. The van der Waals surface area contributed by atoms with Gasteiger partial charge in [0.2, 0.25) is 0 Å². The first-order chi connectivity index (χ1) is 11.0. The number of aliphatic imine (C=N–C) groups is 1. The minimum atomic E-state index is -0.337. The molecule has 8 heteroatoms. The topological polar surface area (TPSA) is 72.0 Å². The molecule has 0 aliphatic heterocycles. The average Bonchev–Trinajstić information content (AvgIpc) is 2.52. The molecule has 6 nitrogen and oxygen atoms in total. The van der Waals surface area contributed by atoms with Gasteiger partial charge in [-0.15, -0.1) is 24.0 Å². The molecule has 0 saturated carbocycles. The summed E-state index contributed by atoms with van der Waals surface area (Å²) in [6, 6.07) is 5.99. The number of benzene rings is 1. The summed E-state index contributed by atoms with van der Waals surface area (Å²) < 4.78 is 23.3. The van der Waals surface area contributed by atoms with E-state index in [0.29, 0.717) is 31.3 Å². The summed E-state index contributed by atoms with van der Waals surface area (Å²) in [6.45, 7) is 5.32. The molecule has 1 aromatic carbocycles. The van der Waals surface area contributed by atoms with Crippen LogP contribution in [-0.2, 0) is 9.53 Å². The molecule has 1 unspecified atom stereocenters. The van der Waals surface area contributed by atoms with Crippen LogP contribution in [0.4, 0.5) is 4.39 Å². The fourth-order valence-corrected chi connectivity index (χ4v) is 1.76. The molecule has 2 N–H and O–H groups in total. The second kappa shape index (κ2) is 12.8. The lowest BCUT2D eigenvalue weighted by atomic mass is 10.3. The minimum absolute atomic E-state index is 0. The third-order valence-corrected chi connectivity index (χ3v) is 2.83. The van der Waals surface area contributed by atoms with Gasteiger partial charge in [0.25, 0.3) is 0 Å². The molecule has 1 rings (SSSR count). The van der Waals surface area contributed by atoms with Crippen molar-refractivity contribution in [1.29, 1.82) is 0 Å². The second-order valence-electron chi connectivity index (χ2n) is 4.86. The normalized spacial score (nSPS) is 11.9. The van der Waals surface area contributed by atoms with Crippen molar-refractivity contribution in [1.82, 2.24) is 10.6 Å². The molecular weight excluding hydrogens is 428 g/mol. The van der Waals surface area contributed by atoms with Gasteiger partial charge < -0.3 is 20.1 Å². The summed E-state index contributed by atoms with van der Waals surface area (Å²) in [5.41, 5.74) is 0. The Morgan fingerprint density at radius 1 is 1.38 bits per heavy atom. The number of carbonyl (C=O) groups excluding carboxylic acids is 1. The van der Waals surface area contributed by atoms with Crippen molar-refractivity contribution in [2.75, 3.05) is 26.7 Å². The third kappa shape index (κ3) is 9.53. The molecule has 0 fully saturated rings. The van der Waals surface area contributed by atoms with E-state index in [-0.39, 0.29) is 48.3 Å². The fourth-order valence-electron chi connectivity index (χ4n) is 1.76. The Hall–Kier alpha value is -1.58. The minimum Gasteiger partial charge on any atom is -0.489 e. The van der Waals surface area contributed by atoms with E-state index in [2.05, 4.69) is 20.4 Å². The van der Waals surface area contributed by atoms with Gasteiger partial charge in [-0.25, -0.2) is 9.38 Å². The number of nitrogens with one attached hydrogen (secondary N) is 2. The maximum Gasteiger partial charge on any atom is 0.307 e. The van der Waals surface area contributed by atoms with Gasteiger partial charge in [0.05, 0.1) is 20.1 Å². The smallest absolute Gasteiger partial charge is 0.307 e. The second-order valence-corrected chi connectivity index (χ2v) is 4.86. The summed E-state index contributed by atoms with van der Waals surface area (Å²) in [5.74, 6) is 0.439. The van der Waals surface area contributed by atoms with Crippen LogP contribution in [0.15, 0.2) is 29.3 Å².